The lowest BCUT2D eigenvalue weighted by atomic mass is 10.1. The number of piperazine rings is 1. The smallest absolute Gasteiger partial charge is 0.412 e. The molecule has 1 saturated heterocycles. The van der Waals surface area contributed by atoms with E-state index in [4.69, 9.17) is 31.9 Å². The van der Waals surface area contributed by atoms with Gasteiger partial charge in [0, 0.05) is 52.0 Å². The standard InChI is InChI=1S/C32H39ClN6O8/c1-3-39(21-10-5-4-6-11-21)29(41)26-27(25-22(33)12-9-14-24(25)36(2)28(26)40)46-20-47-32(45)38-18-16-37(17-19-38)31(44)35-15-8-7-13-23(34)30(42)43/h4-6,9-12,14,23H,3,7-8,13,15-20,34H2,1-2H3,(H,35,44)(H,42,43). The van der Waals surface area contributed by atoms with Gasteiger partial charge in [0.2, 0.25) is 6.79 Å². The monoisotopic (exact) mass is 670 g/mol. The Bertz CT molecular complexity index is 1660. The van der Waals surface area contributed by atoms with E-state index in [-0.39, 0.29) is 55.1 Å². The molecule has 0 saturated carbocycles. The molecule has 15 heteroatoms. The molecule has 1 fully saturated rings. The number of para-hydroxylation sites is 1. The number of pyridine rings is 1. The maximum atomic E-state index is 13.9. The Kier molecular flexibility index (Phi) is 12.0. The predicted octanol–water partition coefficient (Wildman–Crippen LogP) is 3.24. The molecule has 252 valence electrons. The Labute approximate surface area is 276 Å². The second kappa shape index (κ2) is 16.1. The summed E-state index contributed by atoms with van der Waals surface area (Å²) in [5.41, 5.74) is 5.66. The average molecular weight is 671 g/mol. The Morgan fingerprint density at radius 1 is 1.02 bits per heavy atom. The first kappa shape index (κ1) is 35.0. The van der Waals surface area contributed by atoms with Crippen LogP contribution in [-0.2, 0) is 16.6 Å². The van der Waals surface area contributed by atoms with Crippen molar-refractivity contribution in [2.45, 2.75) is 32.2 Å². The number of nitrogens with two attached hydrogens (primary N) is 1. The van der Waals surface area contributed by atoms with Gasteiger partial charge < -0.3 is 44.9 Å². The van der Waals surface area contributed by atoms with Crippen molar-refractivity contribution >= 4 is 52.2 Å². The number of carboxylic acids is 1. The molecule has 3 aromatic rings. The first-order valence-electron chi connectivity index (χ1n) is 15.3. The van der Waals surface area contributed by atoms with Crippen LogP contribution in [0.15, 0.2) is 53.3 Å². The molecule has 4 N–H and O–H groups in total. The van der Waals surface area contributed by atoms with Gasteiger partial charge in [0.1, 0.15) is 11.6 Å². The van der Waals surface area contributed by atoms with Crippen molar-refractivity contribution in [2.24, 2.45) is 12.8 Å². The van der Waals surface area contributed by atoms with Gasteiger partial charge in [-0.25, -0.2) is 9.59 Å². The Morgan fingerprint density at radius 2 is 1.70 bits per heavy atom. The number of benzene rings is 2. The number of carboxylic acid groups (broad SMARTS) is 1. The van der Waals surface area contributed by atoms with E-state index in [9.17, 15) is 24.0 Å². The van der Waals surface area contributed by atoms with Crippen LogP contribution in [0.3, 0.4) is 0 Å². The molecule has 2 aromatic carbocycles. The molecule has 0 aliphatic carbocycles. The molecule has 1 aliphatic heterocycles. The van der Waals surface area contributed by atoms with Gasteiger partial charge in [0.15, 0.2) is 5.75 Å². The fourth-order valence-corrected chi connectivity index (χ4v) is 5.53. The van der Waals surface area contributed by atoms with Crippen LogP contribution in [0.1, 0.15) is 36.5 Å². The minimum absolute atomic E-state index is 0.0904. The fourth-order valence-electron chi connectivity index (χ4n) is 5.28. The molecule has 14 nitrogen and oxygen atoms in total. The number of ether oxygens (including phenoxy) is 2. The van der Waals surface area contributed by atoms with E-state index >= 15 is 0 Å². The topological polar surface area (TPSA) is 177 Å². The summed E-state index contributed by atoms with van der Waals surface area (Å²) in [6.07, 6.45) is 0.784. The summed E-state index contributed by atoms with van der Waals surface area (Å²) >= 11 is 6.57. The van der Waals surface area contributed by atoms with Gasteiger partial charge >= 0.3 is 18.1 Å². The van der Waals surface area contributed by atoms with Crippen molar-refractivity contribution in [1.82, 2.24) is 19.7 Å². The second-order valence-electron chi connectivity index (χ2n) is 10.9. The van der Waals surface area contributed by atoms with Crippen LogP contribution in [0.4, 0.5) is 15.3 Å². The van der Waals surface area contributed by atoms with Crippen molar-refractivity contribution < 1.29 is 33.8 Å². The van der Waals surface area contributed by atoms with Crippen molar-refractivity contribution in [1.29, 1.82) is 0 Å². The normalized spacial score (nSPS) is 13.6. The van der Waals surface area contributed by atoms with Gasteiger partial charge in [0.25, 0.3) is 11.5 Å². The van der Waals surface area contributed by atoms with Crippen molar-refractivity contribution in [3.05, 3.63) is 69.5 Å². The SMILES string of the molecule is CCN(C(=O)c1c(OCOC(=O)N2CCN(C(=O)NCCCCC(N)C(=O)O)CC2)c2c(Cl)cccc2n(C)c1=O)c1ccccc1. The summed E-state index contributed by atoms with van der Waals surface area (Å²) in [6, 6.07) is 12.7. The Hall–Kier alpha value is -4.82. The quantitative estimate of drug-likeness (QED) is 0.193. The van der Waals surface area contributed by atoms with Gasteiger partial charge in [-0.1, -0.05) is 35.9 Å². The van der Waals surface area contributed by atoms with Crippen molar-refractivity contribution in [2.75, 3.05) is 51.0 Å². The third kappa shape index (κ3) is 8.32. The molecule has 1 unspecified atom stereocenters. The molecule has 0 spiro atoms. The largest absolute Gasteiger partial charge is 0.480 e. The summed E-state index contributed by atoms with van der Waals surface area (Å²) in [5, 5.41) is 12.2. The van der Waals surface area contributed by atoms with Crippen LogP contribution in [0.25, 0.3) is 10.9 Å². The highest BCUT2D eigenvalue weighted by atomic mass is 35.5. The van der Waals surface area contributed by atoms with E-state index in [0.29, 0.717) is 42.4 Å². The molecule has 0 bridgehead atoms. The lowest BCUT2D eigenvalue weighted by molar-refractivity contribution is -0.138. The number of hydrogen-bond donors (Lipinski definition) is 3. The summed E-state index contributed by atoms with van der Waals surface area (Å²) in [6.45, 7) is 2.80. The summed E-state index contributed by atoms with van der Waals surface area (Å²) in [5.74, 6) is -1.74. The molecule has 0 radical (unpaired) electrons. The third-order valence-corrected chi connectivity index (χ3v) is 8.23. The van der Waals surface area contributed by atoms with Crippen LogP contribution in [0.5, 0.6) is 5.75 Å². The number of nitrogens with zero attached hydrogens (tertiary/aromatic N) is 4. The third-order valence-electron chi connectivity index (χ3n) is 7.91. The molecular weight excluding hydrogens is 632 g/mol. The molecule has 1 aliphatic rings. The number of amides is 4. The van der Waals surface area contributed by atoms with Gasteiger partial charge in [-0.05, 0) is 50.5 Å². The molecule has 4 amide bonds. The Balaban J connectivity index is 1.40. The van der Waals surface area contributed by atoms with Crippen molar-refractivity contribution in [3.63, 3.8) is 0 Å². The highest BCUT2D eigenvalue weighted by Crippen LogP contribution is 2.34. The number of fused-ring (bicyclic) bond motifs is 1. The zero-order chi connectivity index (χ0) is 34.1. The number of halogens is 1. The number of rotatable bonds is 12. The molecule has 4 rings (SSSR count). The lowest BCUT2D eigenvalue weighted by Crippen LogP contribution is -2.53. The molecule has 2 heterocycles. The zero-order valence-electron chi connectivity index (χ0n) is 26.3. The number of aliphatic carboxylic acids is 1. The number of nitrogens with one attached hydrogen (secondary N) is 1. The number of anilines is 1. The number of carbonyl (C=O) groups is 4. The molecule has 1 aromatic heterocycles. The van der Waals surface area contributed by atoms with Gasteiger partial charge in [-0.15, -0.1) is 0 Å². The van der Waals surface area contributed by atoms with Gasteiger partial charge in [0.05, 0.1) is 15.9 Å². The lowest BCUT2D eigenvalue weighted by Gasteiger charge is -2.34. The molecule has 1 atom stereocenters. The second-order valence-corrected chi connectivity index (χ2v) is 11.3. The van der Waals surface area contributed by atoms with Gasteiger partial charge in [-0.3, -0.25) is 14.4 Å². The highest BCUT2D eigenvalue weighted by molar-refractivity contribution is 6.36. The number of hydrogen-bond acceptors (Lipinski definition) is 8. The van der Waals surface area contributed by atoms with Gasteiger partial charge in [-0.2, -0.15) is 0 Å². The first-order chi connectivity index (χ1) is 22.5. The maximum Gasteiger partial charge on any atom is 0.412 e. The van der Waals surface area contributed by atoms with E-state index in [1.54, 1.807) is 61.3 Å². The van der Waals surface area contributed by atoms with Crippen LogP contribution < -0.4 is 26.2 Å². The van der Waals surface area contributed by atoms with Crippen LogP contribution in [0.2, 0.25) is 5.02 Å². The van der Waals surface area contributed by atoms with Crippen molar-refractivity contribution in [3.8, 4) is 5.75 Å². The molecular formula is C32H39ClN6O8. The van der Waals surface area contributed by atoms with E-state index in [2.05, 4.69) is 5.32 Å². The molecule has 47 heavy (non-hydrogen) atoms. The van der Waals surface area contributed by atoms with E-state index in [0.717, 1.165) is 0 Å². The maximum absolute atomic E-state index is 13.9. The predicted molar refractivity (Wildman–Crippen MR) is 176 cm³/mol. The average Bonchev–Trinajstić information content (AvgIpc) is 3.07. The van der Waals surface area contributed by atoms with E-state index < -0.39 is 36.4 Å². The highest BCUT2D eigenvalue weighted by Gasteiger charge is 2.29. The number of aryl methyl sites for hydroxylation is 1. The van der Waals surface area contributed by atoms with E-state index in [1.807, 2.05) is 6.07 Å². The van der Waals surface area contributed by atoms with Crippen LogP contribution in [-0.4, -0.2) is 95.6 Å². The first-order valence-corrected chi connectivity index (χ1v) is 15.7. The zero-order valence-corrected chi connectivity index (χ0v) is 27.1. The number of carbonyl (C=O) groups excluding carboxylic acids is 3. The van der Waals surface area contributed by atoms with Crippen LogP contribution in [0, 0.1) is 0 Å². The number of aromatic nitrogens is 1. The Morgan fingerprint density at radius 3 is 2.36 bits per heavy atom. The fraction of sp³-hybridized carbons (Fsp3) is 0.406. The minimum Gasteiger partial charge on any atom is -0.480 e. The number of urea groups is 1. The number of unbranched alkanes of at least 4 members (excludes halogenated alkanes) is 1. The minimum atomic E-state index is -1.05. The van der Waals surface area contributed by atoms with E-state index in [1.165, 1.54) is 14.4 Å². The van der Waals surface area contributed by atoms with Crippen LogP contribution >= 0.6 is 11.6 Å². The summed E-state index contributed by atoms with van der Waals surface area (Å²) in [4.78, 5) is 68.2. The summed E-state index contributed by atoms with van der Waals surface area (Å²) < 4.78 is 12.6. The summed E-state index contributed by atoms with van der Waals surface area (Å²) in [7, 11) is 1.54.